The third-order valence-corrected chi connectivity index (χ3v) is 5.02. The summed E-state index contributed by atoms with van der Waals surface area (Å²) in [6.07, 6.45) is 10.8. The molecule has 1 heterocycles. The van der Waals surface area contributed by atoms with Gasteiger partial charge in [-0.3, -0.25) is 4.90 Å². The summed E-state index contributed by atoms with van der Waals surface area (Å²) in [4.78, 5) is 2.59. The summed E-state index contributed by atoms with van der Waals surface area (Å²) in [6, 6.07) is 1.49. The maximum absolute atomic E-state index is 10.2. The maximum Gasteiger partial charge on any atom is 0.0791 e. The number of aliphatic hydroxyl groups excluding tert-OH is 1. The van der Waals surface area contributed by atoms with Gasteiger partial charge < -0.3 is 10.4 Å². The molecular weight excluding hydrogens is 224 g/mol. The first-order valence-corrected chi connectivity index (χ1v) is 7.98. The van der Waals surface area contributed by atoms with Crippen molar-refractivity contribution >= 4 is 0 Å². The minimum atomic E-state index is -0.175. The lowest BCUT2D eigenvalue weighted by Gasteiger charge is -2.44. The molecule has 1 aliphatic heterocycles. The quantitative estimate of drug-likeness (QED) is 0.782. The number of β-amino-alcohol motifs (C(OH)–C–C–N with tert-alkyl or cyclic N) is 1. The molecule has 2 N–H and O–H groups in total. The van der Waals surface area contributed by atoms with Gasteiger partial charge in [0.05, 0.1) is 6.10 Å². The van der Waals surface area contributed by atoms with E-state index < -0.39 is 0 Å². The van der Waals surface area contributed by atoms with Crippen LogP contribution in [0.15, 0.2) is 0 Å². The molecule has 104 valence electrons. The predicted molar refractivity (Wildman–Crippen MR) is 73.6 cm³/mol. The molecule has 0 spiro atoms. The Bertz CT molecular complexity index is 265. The zero-order valence-electron chi connectivity index (χ0n) is 11.5. The zero-order valence-corrected chi connectivity index (χ0v) is 11.5. The molecule has 0 radical (unpaired) electrons. The highest BCUT2D eigenvalue weighted by Crippen LogP contribution is 2.35. The van der Waals surface area contributed by atoms with Gasteiger partial charge in [-0.2, -0.15) is 0 Å². The molecule has 0 aromatic rings. The molecule has 18 heavy (non-hydrogen) atoms. The molecule has 0 aromatic heterocycles. The molecule has 3 fully saturated rings. The van der Waals surface area contributed by atoms with Gasteiger partial charge in [0.25, 0.3) is 0 Å². The fourth-order valence-corrected chi connectivity index (χ4v) is 3.88. The maximum atomic E-state index is 10.2. The van der Waals surface area contributed by atoms with Crippen LogP contribution in [0.1, 0.15) is 51.4 Å². The SMILES string of the molecule is OC(CNC1CC1)CN1CCCC2CCCCC21. The van der Waals surface area contributed by atoms with Gasteiger partial charge in [0.1, 0.15) is 0 Å². The lowest BCUT2D eigenvalue weighted by molar-refractivity contribution is 0.0212. The van der Waals surface area contributed by atoms with Gasteiger partial charge in [-0.1, -0.05) is 12.8 Å². The summed E-state index contributed by atoms with van der Waals surface area (Å²) in [5.74, 6) is 0.927. The van der Waals surface area contributed by atoms with Gasteiger partial charge in [0, 0.05) is 25.2 Å². The smallest absolute Gasteiger partial charge is 0.0791 e. The van der Waals surface area contributed by atoms with E-state index in [0.717, 1.165) is 25.0 Å². The Labute approximate surface area is 111 Å². The fraction of sp³-hybridized carbons (Fsp3) is 1.00. The molecule has 2 saturated carbocycles. The van der Waals surface area contributed by atoms with Crippen molar-refractivity contribution in [2.75, 3.05) is 19.6 Å². The van der Waals surface area contributed by atoms with Crippen LogP contribution in [-0.2, 0) is 0 Å². The summed E-state index contributed by atoms with van der Waals surface area (Å²) < 4.78 is 0. The first-order valence-electron chi connectivity index (χ1n) is 7.98. The lowest BCUT2D eigenvalue weighted by Crippen LogP contribution is -2.50. The van der Waals surface area contributed by atoms with Crippen LogP contribution >= 0.6 is 0 Å². The van der Waals surface area contributed by atoms with Crippen LogP contribution in [0.25, 0.3) is 0 Å². The van der Waals surface area contributed by atoms with Gasteiger partial charge in [-0.05, 0) is 51.0 Å². The zero-order chi connectivity index (χ0) is 12.4. The summed E-state index contributed by atoms with van der Waals surface area (Å²) in [6.45, 7) is 2.89. The van der Waals surface area contributed by atoms with Crippen molar-refractivity contribution < 1.29 is 5.11 Å². The number of hydrogen-bond donors (Lipinski definition) is 2. The molecule has 3 nitrogen and oxygen atoms in total. The number of nitrogens with zero attached hydrogens (tertiary/aromatic N) is 1. The van der Waals surface area contributed by atoms with E-state index >= 15 is 0 Å². The third-order valence-electron chi connectivity index (χ3n) is 5.02. The van der Waals surface area contributed by atoms with Gasteiger partial charge in [-0.25, -0.2) is 0 Å². The molecule has 1 saturated heterocycles. The second-order valence-electron chi connectivity index (χ2n) is 6.59. The summed E-state index contributed by atoms with van der Waals surface area (Å²) in [7, 11) is 0. The van der Waals surface area contributed by atoms with E-state index in [1.807, 2.05) is 0 Å². The molecule has 0 bridgehead atoms. The molecule has 3 heteroatoms. The summed E-state index contributed by atoms with van der Waals surface area (Å²) >= 11 is 0. The monoisotopic (exact) mass is 252 g/mol. The number of rotatable bonds is 5. The number of aliphatic hydroxyl groups is 1. The average molecular weight is 252 g/mol. The summed E-state index contributed by atoms with van der Waals surface area (Å²) in [5, 5.41) is 13.6. The highest BCUT2D eigenvalue weighted by Gasteiger charge is 2.33. The number of likely N-dealkylation sites (tertiary alicyclic amines) is 1. The molecule has 0 amide bonds. The standard InChI is InChI=1S/C15H28N2O/c18-14(10-16-13-7-8-13)11-17-9-3-5-12-4-1-2-6-15(12)17/h12-16,18H,1-11H2. The highest BCUT2D eigenvalue weighted by atomic mass is 16.3. The van der Waals surface area contributed by atoms with E-state index in [4.69, 9.17) is 0 Å². The van der Waals surface area contributed by atoms with Crippen LogP contribution in [-0.4, -0.2) is 47.8 Å². The number of piperidine rings is 1. The molecule has 3 unspecified atom stereocenters. The van der Waals surface area contributed by atoms with Crippen molar-refractivity contribution in [3.05, 3.63) is 0 Å². The van der Waals surface area contributed by atoms with Crippen LogP contribution in [0, 0.1) is 5.92 Å². The van der Waals surface area contributed by atoms with Crippen molar-refractivity contribution in [2.24, 2.45) is 5.92 Å². The molecule has 3 rings (SSSR count). The van der Waals surface area contributed by atoms with E-state index in [1.165, 1.54) is 57.9 Å². The van der Waals surface area contributed by atoms with E-state index in [2.05, 4.69) is 10.2 Å². The van der Waals surface area contributed by atoms with Crippen LogP contribution in [0.3, 0.4) is 0 Å². The van der Waals surface area contributed by atoms with E-state index in [-0.39, 0.29) is 6.10 Å². The Morgan fingerprint density at radius 3 is 2.67 bits per heavy atom. The fourth-order valence-electron chi connectivity index (χ4n) is 3.88. The van der Waals surface area contributed by atoms with Crippen molar-refractivity contribution in [1.82, 2.24) is 10.2 Å². The van der Waals surface area contributed by atoms with Crippen LogP contribution < -0.4 is 5.32 Å². The van der Waals surface area contributed by atoms with Crippen molar-refractivity contribution in [1.29, 1.82) is 0 Å². The normalized spacial score (nSPS) is 35.2. The minimum Gasteiger partial charge on any atom is -0.390 e. The molecule has 0 aromatic carbocycles. The number of hydrogen-bond acceptors (Lipinski definition) is 3. The molecule has 2 aliphatic carbocycles. The first kappa shape index (κ1) is 12.9. The second kappa shape index (κ2) is 5.89. The third kappa shape index (κ3) is 3.25. The van der Waals surface area contributed by atoms with E-state index in [0.29, 0.717) is 6.04 Å². The van der Waals surface area contributed by atoms with Crippen molar-refractivity contribution in [3.63, 3.8) is 0 Å². The Morgan fingerprint density at radius 2 is 1.83 bits per heavy atom. The Kier molecular flexibility index (Phi) is 4.22. The van der Waals surface area contributed by atoms with Crippen molar-refractivity contribution in [2.45, 2.75) is 69.6 Å². The Morgan fingerprint density at radius 1 is 1.06 bits per heavy atom. The summed E-state index contributed by atoms with van der Waals surface area (Å²) in [5.41, 5.74) is 0. The highest BCUT2D eigenvalue weighted by molar-refractivity contribution is 4.89. The Hall–Kier alpha value is -0.120. The molecule has 3 atom stereocenters. The minimum absolute atomic E-state index is 0.175. The van der Waals surface area contributed by atoms with Gasteiger partial charge in [-0.15, -0.1) is 0 Å². The van der Waals surface area contributed by atoms with Crippen LogP contribution in [0.4, 0.5) is 0 Å². The average Bonchev–Trinajstić information content (AvgIpc) is 3.21. The van der Waals surface area contributed by atoms with Crippen LogP contribution in [0.5, 0.6) is 0 Å². The first-order chi connectivity index (χ1) is 8.83. The predicted octanol–water partition coefficient (Wildman–Crippen LogP) is 1.75. The second-order valence-corrected chi connectivity index (χ2v) is 6.59. The van der Waals surface area contributed by atoms with Crippen molar-refractivity contribution in [3.8, 4) is 0 Å². The van der Waals surface area contributed by atoms with Crippen LogP contribution in [0.2, 0.25) is 0 Å². The Balaban J connectivity index is 1.47. The van der Waals surface area contributed by atoms with Gasteiger partial charge >= 0.3 is 0 Å². The molecular formula is C15H28N2O. The lowest BCUT2D eigenvalue weighted by atomic mass is 9.78. The largest absolute Gasteiger partial charge is 0.390 e. The molecule has 3 aliphatic rings. The number of nitrogens with one attached hydrogen (secondary N) is 1. The van der Waals surface area contributed by atoms with E-state index in [1.54, 1.807) is 0 Å². The number of fused-ring (bicyclic) bond motifs is 1. The topological polar surface area (TPSA) is 35.5 Å². The van der Waals surface area contributed by atoms with Gasteiger partial charge in [0.15, 0.2) is 0 Å². The van der Waals surface area contributed by atoms with E-state index in [9.17, 15) is 5.11 Å². The van der Waals surface area contributed by atoms with Gasteiger partial charge in [0.2, 0.25) is 0 Å².